The lowest BCUT2D eigenvalue weighted by molar-refractivity contribution is 0.412. The van der Waals surface area contributed by atoms with Gasteiger partial charge in [-0.05, 0) is 55.0 Å². The van der Waals surface area contributed by atoms with Crippen molar-refractivity contribution in [2.24, 2.45) is 0 Å². The van der Waals surface area contributed by atoms with Gasteiger partial charge in [0.2, 0.25) is 0 Å². The van der Waals surface area contributed by atoms with E-state index >= 15 is 0 Å². The number of sulfonamides is 1. The van der Waals surface area contributed by atoms with Gasteiger partial charge in [0.05, 0.1) is 12.0 Å². The van der Waals surface area contributed by atoms with Crippen molar-refractivity contribution in [3.05, 3.63) is 48.0 Å². The molecule has 6 heteroatoms. The molecule has 5 nitrogen and oxygen atoms in total. The summed E-state index contributed by atoms with van der Waals surface area (Å²) in [5.41, 5.74) is 2.23. The lowest BCUT2D eigenvalue weighted by Gasteiger charge is -2.11. The highest BCUT2D eigenvalue weighted by atomic mass is 32.2. The molecule has 0 aliphatic carbocycles. The number of rotatable bonds is 5. The van der Waals surface area contributed by atoms with Gasteiger partial charge in [0, 0.05) is 18.4 Å². The van der Waals surface area contributed by atoms with Crippen LogP contribution in [-0.4, -0.2) is 22.6 Å². The Kier molecular flexibility index (Phi) is 4.37. The molecule has 0 saturated heterocycles. The molecule has 2 rings (SSSR count). The Bertz CT molecular complexity index is 725. The van der Waals surface area contributed by atoms with Crippen LogP contribution in [0.3, 0.4) is 0 Å². The second-order valence-corrected chi connectivity index (χ2v) is 6.25. The summed E-state index contributed by atoms with van der Waals surface area (Å²) in [6, 6.07) is 11.7. The molecule has 2 aromatic carbocycles. The molecule has 0 amide bonds. The SMILES string of the molecule is CNc1ccc(S(=O)(=O)Nc2ccc(OC)c(C)c2)cc1. The quantitative estimate of drug-likeness (QED) is 0.891. The number of benzene rings is 2. The van der Waals surface area contributed by atoms with Crippen LogP contribution >= 0.6 is 0 Å². The molecule has 0 aliphatic heterocycles. The summed E-state index contributed by atoms with van der Waals surface area (Å²) in [5.74, 6) is 0.719. The van der Waals surface area contributed by atoms with E-state index in [0.717, 1.165) is 17.0 Å². The van der Waals surface area contributed by atoms with Crippen LogP contribution in [0.2, 0.25) is 0 Å². The second-order valence-electron chi connectivity index (χ2n) is 4.56. The van der Waals surface area contributed by atoms with E-state index in [-0.39, 0.29) is 4.90 Å². The zero-order valence-electron chi connectivity index (χ0n) is 12.2. The fourth-order valence-electron chi connectivity index (χ4n) is 1.96. The number of ether oxygens (including phenoxy) is 1. The number of hydrogen-bond acceptors (Lipinski definition) is 4. The number of aryl methyl sites for hydroxylation is 1. The molecule has 2 N–H and O–H groups in total. The van der Waals surface area contributed by atoms with Crippen molar-refractivity contribution in [3.8, 4) is 5.75 Å². The van der Waals surface area contributed by atoms with Crippen molar-refractivity contribution >= 4 is 21.4 Å². The fourth-order valence-corrected chi connectivity index (χ4v) is 3.01. The zero-order valence-corrected chi connectivity index (χ0v) is 13.0. The Morgan fingerprint density at radius 3 is 2.14 bits per heavy atom. The maximum absolute atomic E-state index is 12.3. The normalized spacial score (nSPS) is 11.0. The molecule has 0 spiro atoms. The molecule has 2 aromatic rings. The van der Waals surface area contributed by atoms with Crippen molar-refractivity contribution in [1.29, 1.82) is 0 Å². The lowest BCUT2D eigenvalue weighted by atomic mass is 10.2. The first-order chi connectivity index (χ1) is 9.96. The van der Waals surface area contributed by atoms with Gasteiger partial charge < -0.3 is 10.1 Å². The van der Waals surface area contributed by atoms with Crippen LogP contribution < -0.4 is 14.8 Å². The van der Waals surface area contributed by atoms with E-state index in [1.807, 2.05) is 6.92 Å². The van der Waals surface area contributed by atoms with E-state index in [4.69, 9.17) is 4.74 Å². The molecule has 0 radical (unpaired) electrons. The van der Waals surface area contributed by atoms with Crippen LogP contribution in [0.15, 0.2) is 47.4 Å². The van der Waals surface area contributed by atoms with Crippen molar-refractivity contribution in [2.75, 3.05) is 24.2 Å². The summed E-state index contributed by atoms with van der Waals surface area (Å²) in [6.45, 7) is 1.86. The lowest BCUT2D eigenvalue weighted by Crippen LogP contribution is -2.13. The predicted molar refractivity (Wildman–Crippen MR) is 84.5 cm³/mol. The molecule has 0 fully saturated rings. The van der Waals surface area contributed by atoms with Gasteiger partial charge in [-0.1, -0.05) is 0 Å². The summed E-state index contributed by atoms with van der Waals surface area (Å²) in [7, 11) is -0.235. The highest BCUT2D eigenvalue weighted by Crippen LogP contribution is 2.24. The number of methoxy groups -OCH3 is 1. The summed E-state index contributed by atoms with van der Waals surface area (Å²) >= 11 is 0. The Morgan fingerprint density at radius 1 is 1.00 bits per heavy atom. The number of hydrogen-bond donors (Lipinski definition) is 2. The maximum atomic E-state index is 12.3. The average Bonchev–Trinajstić information content (AvgIpc) is 2.47. The highest BCUT2D eigenvalue weighted by Gasteiger charge is 2.14. The first-order valence-corrected chi connectivity index (χ1v) is 7.90. The molecule has 0 bridgehead atoms. The maximum Gasteiger partial charge on any atom is 0.261 e. The van der Waals surface area contributed by atoms with E-state index in [1.54, 1.807) is 56.6 Å². The third-order valence-corrected chi connectivity index (χ3v) is 4.50. The Morgan fingerprint density at radius 2 is 1.62 bits per heavy atom. The van der Waals surface area contributed by atoms with Gasteiger partial charge in [-0.15, -0.1) is 0 Å². The average molecular weight is 306 g/mol. The van der Waals surface area contributed by atoms with E-state index in [0.29, 0.717) is 5.69 Å². The van der Waals surface area contributed by atoms with Gasteiger partial charge in [-0.2, -0.15) is 0 Å². The van der Waals surface area contributed by atoms with E-state index in [2.05, 4.69) is 10.0 Å². The topological polar surface area (TPSA) is 67.4 Å². The smallest absolute Gasteiger partial charge is 0.261 e. The molecular weight excluding hydrogens is 288 g/mol. The van der Waals surface area contributed by atoms with Crippen LogP contribution in [0.25, 0.3) is 0 Å². The molecule has 0 heterocycles. The molecule has 0 unspecified atom stereocenters. The van der Waals surface area contributed by atoms with Crippen LogP contribution in [0.4, 0.5) is 11.4 Å². The standard InChI is InChI=1S/C15H18N2O3S/c1-11-10-13(6-9-15(11)20-3)17-21(18,19)14-7-4-12(16-2)5-8-14/h4-10,16-17H,1-3H3. The summed E-state index contributed by atoms with van der Waals surface area (Å²) < 4.78 is 32.3. The van der Waals surface area contributed by atoms with Gasteiger partial charge in [0.15, 0.2) is 0 Å². The first-order valence-electron chi connectivity index (χ1n) is 6.41. The highest BCUT2D eigenvalue weighted by molar-refractivity contribution is 7.92. The molecule has 21 heavy (non-hydrogen) atoms. The Balaban J connectivity index is 2.26. The Hall–Kier alpha value is -2.21. The minimum Gasteiger partial charge on any atom is -0.496 e. The van der Waals surface area contributed by atoms with Crippen LogP contribution in [-0.2, 0) is 10.0 Å². The number of anilines is 2. The summed E-state index contributed by atoms with van der Waals surface area (Å²) in [5, 5.41) is 2.95. The van der Waals surface area contributed by atoms with Crippen LogP contribution in [0.5, 0.6) is 5.75 Å². The van der Waals surface area contributed by atoms with Gasteiger partial charge >= 0.3 is 0 Å². The molecule has 0 atom stereocenters. The molecule has 112 valence electrons. The van der Waals surface area contributed by atoms with Crippen molar-refractivity contribution in [2.45, 2.75) is 11.8 Å². The van der Waals surface area contributed by atoms with Crippen molar-refractivity contribution < 1.29 is 13.2 Å². The summed E-state index contributed by atoms with van der Waals surface area (Å²) in [6.07, 6.45) is 0. The number of nitrogens with one attached hydrogen (secondary N) is 2. The monoisotopic (exact) mass is 306 g/mol. The van der Waals surface area contributed by atoms with E-state index in [9.17, 15) is 8.42 Å². The van der Waals surface area contributed by atoms with E-state index < -0.39 is 10.0 Å². The summed E-state index contributed by atoms with van der Waals surface area (Å²) in [4.78, 5) is 0.218. The second kappa shape index (κ2) is 6.05. The van der Waals surface area contributed by atoms with Crippen molar-refractivity contribution in [3.63, 3.8) is 0 Å². The van der Waals surface area contributed by atoms with Gasteiger partial charge in [-0.3, -0.25) is 4.72 Å². The van der Waals surface area contributed by atoms with Gasteiger partial charge in [0.1, 0.15) is 5.75 Å². The first kappa shape index (κ1) is 15.2. The minimum absolute atomic E-state index is 0.218. The van der Waals surface area contributed by atoms with E-state index in [1.165, 1.54) is 0 Å². The van der Waals surface area contributed by atoms with Crippen molar-refractivity contribution in [1.82, 2.24) is 0 Å². The third-order valence-electron chi connectivity index (χ3n) is 3.10. The van der Waals surface area contributed by atoms with Gasteiger partial charge in [0.25, 0.3) is 10.0 Å². The Labute approximate surface area is 125 Å². The molecule has 0 aromatic heterocycles. The minimum atomic E-state index is -3.59. The van der Waals surface area contributed by atoms with Crippen LogP contribution in [0, 0.1) is 6.92 Å². The predicted octanol–water partition coefficient (Wildman–Crippen LogP) is 2.85. The fraction of sp³-hybridized carbons (Fsp3) is 0.200. The van der Waals surface area contributed by atoms with Crippen LogP contribution in [0.1, 0.15) is 5.56 Å². The zero-order chi connectivity index (χ0) is 15.5. The third kappa shape index (κ3) is 3.46. The van der Waals surface area contributed by atoms with Gasteiger partial charge in [-0.25, -0.2) is 8.42 Å². The largest absolute Gasteiger partial charge is 0.496 e. The molecular formula is C15H18N2O3S. The molecule has 0 saturated carbocycles. The molecule has 0 aliphatic rings.